The van der Waals surface area contributed by atoms with Crippen LogP contribution in [0.25, 0.3) is 22.2 Å². The Balaban J connectivity index is 1.81. The molecule has 0 unspecified atom stereocenters. The number of nitrogens with zero attached hydrogens (tertiary/aromatic N) is 3. The van der Waals surface area contributed by atoms with E-state index < -0.39 is 10.0 Å². The highest BCUT2D eigenvalue weighted by Crippen LogP contribution is 2.41. The Morgan fingerprint density at radius 3 is 2.55 bits per heavy atom. The van der Waals surface area contributed by atoms with Crippen LogP contribution >= 0.6 is 0 Å². The molecule has 1 aliphatic rings. The van der Waals surface area contributed by atoms with Gasteiger partial charge in [0, 0.05) is 48.2 Å². The van der Waals surface area contributed by atoms with Crippen molar-refractivity contribution in [3.8, 4) is 11.1 Å². The van der Waals surface area contributed by atoms with E-state index in [-0.39, 0.29) is 10.7 Å². The summed E-state index contributed by atoms with van der Waals surface area (Å²) >= 11 is 0. The van der Waals surface area contributed by atoms with Gasteiger partial charge in [0.1, 0.15) is 5.82 Å². The van der Waals surface area contributed by atoms with Gasteiger partial charge >= 0.3 is 0 Å². The van der Waals surface area contributed by atoms with Gasteiger partial charge in [-0.2, -0.15) is 0 Å². The van der Waals surface area contributed by atoms with E-state index >= 15 is 0 Å². The van der Waals surface area contributed by atoms with Crippen LogP contribution in [-0.2, 0) is 16.6 Å². The first-order chi connectivity index (χ1) is 13.9. The largest absolute Gasteiger partial charge is 0.370 e. The molecule has 5 rings (SSSR count). The minimum absolute atomic E-state index is 0.204. The fourth-order valence-electron chi connectivity index (χ4n) is 3.95. The third-order valence-electron chi connectivity index (χ3n) is 5.38. The highest BCUT2D eigenvalue weighted by Gasteiger charge is 2.27. The summed E-state index contributed by atoms with van der Waals surface area (Å²) in [6, 6.07) is 13.2. The van der Waals surface area contributed by atoms with E-state index in [2.05, 4.69) is 4.98 Å². The van der Waals surface area contributed by atoms with E-state index in [4.69, 9.17) is 0 Å². The van der Waals surface area contributed by atoms with Crippen molar-refractivity contribution in [2.24, 2.45) is 0 Å². The van der Waals surface area contributed by atoms with E-state index in [1.165, 1.54) is 16.1 Å². The summed E-state index contributed by atoms with van der Waals surface area (Å²) in [6.45, 7) is 2.40. The van der Waals surface area contributed by atoms with Gasteiger partial charge in [-0.25, -0.2) is 21.8 Å². The summed E-state index contributed by atoms with van der Waals surface area (Å²) in [4.78, 5) is 6.58. The number of anilines is 1. The second-order valence-corrected chi connectivity index (χ2v) is 9.16. The molecule has 0 fully saturated rings. The van der Waals surface area contributed by atoms with Crippen molar-refractivity contribution >= 4 is 26.7 Å². The van der Waals surface area contributed by atoms with Crippen LogP contribution in [0.3, 0.4) is 0 Å². The molecular formula is C22H18FN3O2S. The van der Waals surface area contributed by atoms with Crippen LogP contribution in [0.5, 0.6) is 0 Å². The second-order valence-electron chi connectivity index (χ2n) is 7.34. The topological polar surface area (TPSA) is 55.2 Å². The molecule has 4 aromatic rings. The van der Waals surface area contributed by atoms with E-state index in [9.17, 15) is 12.8 Å². The van der Waals surface area contributed by atoms with Gasteiger partial charge < -0.3 is 4.90 Å². The van der Waals surface area contributed by atoms with Gasteiger partial charge in [0.05, 0.1) is 4.90 Å². The maximum Gasteiger partial charge on any atom is 0.269 e. The molecule has 0 aliphatic carbocycles. The molecule has 0 bridgehead atoms. The van der Waals surface area contributed by atoms with Gasteiger partial charge in [-0.1, -0.05) is 17.7 Å². The second kappa shape index (κ2) is 6.15. The van der Waals surface area contributed by atoms with Crippen molar-refractivity contribution < 1.29 is 12.8 Å². The lowest BCUT2D eigenvalue weighted by atomic mass is 10.0. The third kappa shape index (κ3) is 2.65. The van der Waals surface area contributed by atoms with Crippen LogP contribution in [0.2, 0.25) is 0 Å². The van der Waals surface area contributed by atoms with Gasteiger partial charge in [0.25, 0.3) is 10.0 Å². The van der Waals surface area contributed by atoms with Crippen LogP contribution in [0.4, 0.5) is 10.1 Å². The Bertz CT molecular complexity index is 1380. The van der Waals surface area contributed by atoms with E-state index in [0.717, 1.165) is 33.3 Å². The number of aryl methyl sites for hydroxylation is 1. The summed E-state index contributed by atoms with van der Waals surface area (Å²) in [5, 5.41) is 0.736. The fraction of sp³-hybridized carbons (Fsp3) is 0.136. The zero-order valence-corrected chi connectivity index (χ0v) is 16.7. The minimum Gasteiger partial charge on any atom is -0.370 e. The van der Waals surface area contributed by atoms with Crippen LogP contribution < -0.4 is 4.90 Å². The van der Waals surface area contributed by atoms with E-state index in [1.54, 1.807) is 42.7 Å². The van der Waals surface area contributed by atoms with Crippen LogP contribution in [0.1, 0.15) is 11.1 Å². The lowest BCUT2D eigenvalue weighted by molar-refractivity contribution is 0.588. The van der Waals surface area contributed by atoms with E-state index in [1.807, 2.05) is 24.9 Å². The molecule has 7 heteroatoms. The lowest BCUT2D eigenvalue weighted by Gasteiger charge is -2.20. The monoisotopic (exact) mass is 407 g/mol. The third-order valence-corrected chi connectivity index (χ3v) is 7.04. The average molecular weight is 407 g/mol. The zero-order chi connectivity index (χ0) is 20.3. The van der Waals surface area contributed by atoms with Gasteiger partial charge in [0.15, 0.2) is 5.65 Å². The Morgan fingerprint density at radius 2 is 1.79 bits per heavy atom. The number of aromatic nitrogens is 2. The molecule has 0 atom stereocenters. The number of fused-ring (bicyclic) bond motifs is 2. The van der Waals surface area contributed by atoms with Gasteiger partial charge in [-0.3, -0.25) is 0 Å². The molecule has 0 spiro atoms. The Morgan fingerprint density at radius 1 is 1.03 bits per heavy atom. The molecule has 2 aromatic heterocycles. The van der Waals surface area contributed by atoms with Gasteiger partial charge in [0.2, 0.25) is 0 Å². The van der Waals surface area contributed by atoms with E-state index in [0.29, 0.717) is 12.2 Å². The first kappa shape index (κ1) is 17.9. The highest BCUT2D eigenvalue weighted by molar-refractivity contribution is 7.90. The number of benzene rings is 2. The Labute approximate surface area is 168 Å². The van der Waals surface area contributed by atoms with Crippen molar-refractivity contribution in [1.29, 1.82) is 0 Å². The Hall–Kier alpha value is -3.19. The van der Waals surface area contributed by atoms with Crippen LogP contribution in [0.15, 0.2) is 65.8 Å². The normalized spacial score (nSPS) is 13.4. The quantitative estimate of drug-likeness (QED) is 0.496. The molecule has 0 amide bonds. The number of halogens is 1. The van der Waals surface area contributed by atoms with Gasteiger partial charge in [-0.15, -0.1) is 0 Å². The Kier molecular flexibility index (Phi) is 3.79. The molecule has 1 aliphatic heterocycles. The fourth-order valence-corrected chi connectivity index (χ4v) is 5.29. The van der Waals surface area contributed by atoms with Crippen LogP contribution in [0, 0.1) is 12.7 Å². The summed E-state index contributed by atoms with van der Waals surface area (Å²) in [5.74, 6) is -0.336. The molecule has 3 heterocycles. The van der Waals surface area contributed by atoms with Crippen molar-refractivity contribution in [1.82, 2.24) is 8.96 Å². The standard InChI is InChI=1S/C22H18FN3O2S/c1-14-3-6-17(7-4-14)29(27,28)26-13-15-12-25(2)20-8-5-16(23)11-19(20)18-9-10-24-22(26)21(15)18/h3-11,13H,12H2,1-2H3. The molecule has 29 heavy (non-hydrogen) atoms. The summed E-state index contributed by atoms with van der Waals surface area (Å²) in [5.41, 5.74) is 4.56. The number of hydrogen-bond donors (Lipinski definition) is 0. The molecule has 0 saturated heterocycles. The average Bonchev–Trinajstić information content (AvgIpc) is 3.02. The summed E-state index contributed by atoms with van der Waals surface area (Å²) in [7, 11) is -1.90. The molecule has 5 nitrogen and oxygen atoms in total. The van der Waals surface area contributed by atoms with Gasteiger partial charge in [-0.05, 0) is 48.9 Å². The molecule has 0 saturated carbocycles. The molecule has 2 aromatic carbocycles. The maximum absolute atomic E-state index is 14.0. The molecule has 0 radical (unpaired) electrons. The number of rotatable bonds is 2. The van der Waals surface area contributed by atoms with Crippen molar-refractivity contribution in [2.45, 2.75) is 18.4 Å². The predicted octanol–water partition coefficient (Wildman–Crippen LogP) is 4.34. The number of hydrogen-bond acceptors (Lipinski definition) is 4. The maximum atomic E-state index is 14.0. The van der Waals surface area contributed by atoms with Crippen molar-refractivity contribution in [3.63, 3.8) is 0 Å². The molecule has 0 N–H and O–H groups in total. The molecular weight excluding hydrogens is 389 g/mol. The first-order valence-corrected chi connectivity index (χ1v) is 10.6. The van der Waals surface area contributed by atoms with Crippen LogP contribution in [-0.4, -0.2) is 24.4 Å². The number of pyridine rings is 1. The molecule has 146 valence electrons. The first-order valence-electron chi connectivity index (χ1n) is 9.18. The highest BCUT2D eigenvalue weighted by atomic mass is 32.2. The van der Waals surface area contributed by atoms with Crippen molar-refractivity contribution in [2.75, 3.05) is 11.9 Å². The smallest absolute Gasteiger partial charge is 0.269 e. The summed E-state index contributed by atoms with van der Waals surface area (Å²) in [6.07, 6.45) is 3.21. The van der Waals surface area contributed by atoms with Crippen molar-refractivity contribution in [3.05, 3.63) is 77.9 Å². The summed E-state index contributed by atoms with van der Waals surface area (Å²) < 4.78 is 41.9. The lowest BCUT2D eigenvalue weighted by Crippen LogP contribution is -2.16. The minimum atomic E-state index is -3.81. The zero-order valence-electron chi connectivity index (χ0n) is 15.9. The predicted molar refractivity (Wildman–Crippen MR) is 111 cm³/mol. The SMILES string of the molecule is Cc1ccc(S(=O)(=O)n2cc3c4c(ccnc42)-c2cc(F)ccc2N(C)C3)cc1.